The van der Waals surface area contributed by atoms with Crippen molar-refractivity contribution in [3.05, 3.63) is 21.9 Å². The summed E-state index contributed by atoms with van der Waals surface area (Å²) in [7, 11) is 0. The third-order valence-electron chi connectivity index (χ3n) is 2.86. The Morgan fingerprint density at radius 3 is 2.53 bits per heavy atom. The summed E-state index contributed by atoms with van der Waals surface area (Å²) in [6.45, 7) is 12.5. The van der Waals surface area contributed by atoms with Gasteiger partial charge in [0.2, 0.25) is 0 Å². The summed E-state index contributed by atoms with van der Waals surface area (Å²) in [6, 6.07) is 4.68. The predicted octanol–water partition coefficient (Wildman–Crippen LogP) is 3.91. The van der Waals surface area contributed by atoms with Gasteiger partial charge in [-0.15, -0.1) is 11.3 Å². The van der Waals surface area contributed by atoms with E-state index in [4.69, 9.17) is 4.74 Å². The predicted molar refractivity (Wildman–Crippen MR) is 75.8 cm³/mol. The highest BCUT2D eigenvalue weighted by molar-refractivity contribution is 7.12. The van der Waals surface area contributed by atoms with Crippen LogP contribution < -0.4 is 5.32 Å². The minimum atomic E-state index is -0.165. The van der Waals surface area contributed by atoms with Gasteiger partial charge in [0.15, 0.2) is 0 Å². The molecule has 3 heteroatoms. The van der Waals surface area contributed by atoms with Crippen LogP contribution in [0.3, 0.4) is 0 Å². The Morgan fingerprint density at radius 1 is 1.35 bits per heavy atom. The van der Waals surface area contributed by atoms with Crippen LogP contribution in [0.15, 0.2) is 12.1 Å². The first kappa shape index (κ1) is 14.7. The molecule has 1 N–H and O–H groups in total. The summed E-state index contributed by atoms with van der Waals surface area (Å²) in [5.74, 6) is 0. The van der Waals surface area contributed by atoms with Crippen LogP contribution >= 0.6 is 11.3 Å². The minimum absolute atomic E-state index is 0.165. The van der Waals surface area contributed by atoms with Crippen LogP contribution in [0.2, 0.25) is 0 Å². The van der Waals surface area contributed by atoms with Crippen molar-refractivity contribution in [1.29, 1.82) is 0 Å². The molecule has 0 radical (unpaired) electrons. The van der Waals surface area contributed by atoms with E-state index >= 15 is 0 Å². The molecule has 1 atom stereocenters. The molecule has 1 unspecified atom stereocenters. The Bertz CT molecular complexity index is 333. The van der Waals surface area contributed by atoms with Gasteiger partial charge in [0.1, 0.15) is 0 Å². The molecule has 0 aliphatic rings. The lowest BCUT2D eigenvalue weighted by atomic mass is 9.96. The van der Waals surface area contributed by atoms with Crippen molar-refractivity contribution < 1.29 is 4.74 Å². The first-order valence-corrected chi connectivity index (χ1v) is 7.26. The van der Waals surface area contributed by atoms with E-state index in [9.17, 15) is 0 Å². The molecule has 0 fully saturated rings. The average Bonchev–Trinajstić information content (AvgIpc) is 2.65. The standard InChI is InChI=1S/C14H25NOS/c1-6-10-15-13(14(4,5)16-7-2)12-9-8-11(3)17-12/h8-9,13,15H,6-7,10H2,1-5H3. The Balaban J connectivity index is 2.86. The largest absolute Gasteiger partial charge is 0.374 e. The second-order valence-corrected chi connectivity index (χ2v) is 6.19. The molecule has 0 saturated carbocycles. The molecule has 1 aromatic rings. The second-order valence-electron chi connectivity index (χ2n) is 4.87. The van der Waals surface area contributed by atoms with Crippen molar-refractivity contribution >= 4 is 11.3 Å². The van der Waals surface area contributed by atoms with Gasteiger partial charge in [0.05, 0.1) is 11.6 Å². The summed E-state index contributed by atoms with van der Waals surface area (Å²) in [4.78, 5) is 2.73. The van der Waals surface area contributed by atoms with Crippen LogP contribution in [0, 0.1) is 6.92 Å². The van der Waals surface area contributed by atoms with Crippen LogP contribution in [0.4, 0.5) is 0 Å². The average molecular weight is 255 g/mol. The zero-order valence-corrected chi connectivity index (χ0v) is 12.5. The van der Waals surface area contributed by atoms with Crippen molar-refractivity contribution in [3.63, 3.8) is 0 Å². The topological polar surface area (TPSA) is 21.3 Å². The van der Waals surface area contributed by atoms with E-state index in [0.29, 0.717) is 0 Å². The Kier molecular flexibility index (Phi) is 5.63. The monoisotopic (exact) mass is 255 g/mol. The van der Waals surface area contributed by atoms with E-state index in [1.807, 2.05) is 11.3 Å². The van der Waals surface area contributed by atoms with Gasteiger partial charge >= 0.3 is 0 Å². The number of rotatable bonds is 7. The van der Waals surface area contributed by atoms with Gasteiger partial charge < -0.3 is 10.1 Å². The SMILES string of the molecule is CCCNC(c1ccc(C)s1)C(C)(C)OCC. The maximum Gasteiger partial charge on any atom is 0.0828 e. The molecule has 2 nitrogen and oxygen atoms in total. The highest BCUT2D eigenvalue weighted by Crippen LogP contribution is 2.33. The van der Waals surface area contributed by atoms with Crippen molar-refractivity contribution in [3.8, 4) is 0 Å². The summed E-state index contributed by atoms with van der Waals surface area (Å²) in [6.07, 6.45) is 1.14. The first-order chi connectivity index (χ1) is 8.01. The van der Waals surface area contributed by atoms with Crippen LogP contribution in [0.25, 0.3) is 0 Å². The van der Waals surface area contributed by atoms with Gasteiger partial charge in [-0.05, 0) is 52.8 Å². The van der Waals surface area contributed by atoms with Crippen molar-refractivity contribution in [2.24, 2.45) is 0 Å². The van der Waals surface area contributed by atoms with Gasteiger partial charge in [-0.2, -0.15) is 0 Å². The summed E-state index contributed by atoms with van der Waals surface area (Å²) in [5, 5.41) is 3.61. The Hall–Kier alpha value is -0.380. The maximum atomic E-state index is 5.90. The van der Waals surface area contributed by atoms with Crippen molar-refractivity contribution in [2.75, 3.05) is 13.2 Å². The number of hydrogen-bond acceptors (Lipinski definition) is 3. The molecule has 98 valence electrons. The molecular weight excluding hydrogens is 230 g/mol. The first-order valence-electron chi connectivity index (χ1n) is 6.45. The number of thiophene rings is 1. The zero-order valence-electron chi connectivity index (χ0n) is 11.7. The quantitative estimate of drug-likeness (QED) is 0.797. The fourth-order valence-electron chi connectivity index (χ4n) is 2.04. The normalized spacial score (nSPS) is 13.9. The fraction of sp³-hybridized carbons (Fsp3) is 0.714. The maximum absolute atomic E-state index is 5.90. The van der Waals surface area contributed by atoms with Gasteiger partial charge in [-0.1, -0.05) is 6.92 Å². The van der Waals surface area contributed by atoms with Crippen LogP contribution in [-0.4, -0.2) is 18.8 Å². The molecular formula is C14H25NOS. The number of hydrogen-bond donors (Lipinski definition) is 1. The van der Waals surface area contributed by atoms with Gasteiger partial charge in [-0.25, -0.2) is 0 Å². The molecule has 17 heavy (non-hydrogen) atoms. The molecule has 0 bridgehead atoms. The van der Waals surface area contributed by atoms with Gasteiger partial charge in [-0.3, -0.25) is 0 Å². The minimum Gasteiger partial charge on any atom is -0.374 e. The highest BCUT2D eigenvalue weighted by Gasteiger charge is 2.31. The lowest BCUT2D eigenvalue weighted by molar-refractivity contribution is -0.0383. The smallest absolute Gasteiger partial charge is 0.0828 e. The zero-order chi connectivity index (χ0) is 12.9. The molecule has 0 spiro atoms. The molecule has 0 aliphatic heterocycles. The molecule has 1 rings (SSSR count). The summed E-state index contributed by atoms with van der Waals surface area (Å²) >= 11 is 1.86. The number of nitrogens with one attached hydrogen (secondary N) is 1. The van der Waals surface area contributed by atoms with Crippen LogP contribution in [0.5, 0.6) is 0 Å². The van der Waals surface area contributed by atoms with Gasteiger partial charge in [0, 0.05) is 16.4 Å². The van der Waals surface area contributed by atoms with E-state index in [0.717, 1.165) is 19.6 Å². The lowest BCUT2D eigenvalue weighted by Gasteiger charge is -2.34. The second kappa shape index (κ2) is 6.53. The Morgan fingerprint density at radius 2 is 2.06 bits per heavy atom. The molecule has 1 aromatic heterocycles. The summed E-state index contributed by atoms with van der Waals surface area (Å²) in [5.41, 5.74) is -0.165. The molecule has 0 aliphatic carbocycles. The van der Waals surface area contributed by atoms with E-state index in [-0.39, 0.29) is 11.6 Å². The number of ether oxygens (including phenoxy) is 1. The third kappa shape index (κ3) is 4.09. The Labute approximate surface area is 109 Å². The number of aryl methyl sites for hydroxylation is 1. The molecule has 0 aromatic carbocycles. The molecule has 1 heterocycles. The van der Waals surface area contributed by atoms with Crippen molar-refractivity contribution in [2.45, 2.75) is 52.7 Å². The van der Waals surface area contributed by atoms with E-state index in [2.05, 4.69) is 52.1 Å². The van der Waals surface area contributed by atoms with Gasteiger partial charge in [0.25, 0.3) is 0 Å². The highest BCUT2D eigenvalue weighted by atomic mass is 32.1. The fourth-order valence-corrected chi connectivity index (χ4v) is 3.17. The van der Waals surface area contributed by atoms with Crippen LogP contribution in [-0.2, 0) is 4.74 Å². The summed E-state index contributed by atoms with van der Waals surface area (Å²) < 4.78 is 5.90. The third-order valence-corrected chi connectivity index (χ3v) is 3.92. The van der Waals surface area contributed by atoms with E-state index in [1.54, 1.807) is 0 Å². The van der Waals surface area contributed by atoms with E-state index < -0.39 is 0 Å². The van der Waals surface area contributed by atoms with Crippen LogP contribution in [0.1, 0.15) is 49.9 Å². The van der Waals surface area contributed by atoms with E-state index in [1.165, 1.54) is 9.75 Å². The van der Waals surface area contributed by atoms with Crippen molar-refractivity contribution in [1.82, 2.24) is 5.32 Å². The molecule has 0 saturated heterocycles. The lowest BCUT2D eigenvalue weighted by Crippen LogP contribution is -2.41. The molecule has 0 amide bonds.